The largest absolute Gasteiger partial charge is 0.353 e. The van der Waals surface area contributed by atoms with E-state index in [9.17, 15) is 18.0 Å². The number of hydrogen-bond acceptors (Lipinski definition) is 5. The number of hydrogen-bond donors (Lipinski definition) is 2. The van der Waals surface area contributed by atoms with Gasteiger partial charge in [-0.3, -0.25) is 9.59 Å². The normalized spacial score (nSPS) is 19.3. The van der Waals surface area contributed by atoms with Gasteiger partial charge in [-0.1, -0.05) is 25.7 Å². The molecule has 156 valence electrons. The number of thiophene rings is 1. The zero-order chi connectivity index (χ0) is 20.0. The number of carbonyl (C=O) groups excluding carboxylic acids is 2. The van der Waals surface area contributed by atoms with Crippen LogP contribution in [0.5, 0.6) is 0 Å². The summed E-state index contributed by atoms with van der Waals surface area (Å²) in [5.41, 5.74) is 0. The van der Waals surface area contributed by atoms with Crippen molar-refractivity contribution in [1.29, 1.82) is 0 Å². The quantitative estimate of drug-likeness (QED) is 0.699. The average Bonchev–Trinajstić information content (AvgIpc) is 3.20. The Bertz CT molecular complexity index is 779. The van der Waals surface area contributed by atoms with Crippen LogP contribution in [-0.4, -0.2) is 50.2 Å². The van der Waals surface area contributed by atoms with Gasteiger partial charge in [0.05, 0.1) is 0 Å². The molecule has 1 aliphatic carbocycles. The average molecular weight is 428 g/mol. The standard InChI is InChI=1S/C19H29N3O4S2/c23-17(21-15-7-3-1-4-8-15)9-11-20-19(24)18-16(10-14-27-18)28(25,26)22-12-5-2-6-13-22/h10,14-15H,1-9,11-13H2,(H,20,24)(H,21,23). The Morgan fingerprint density at radius 3 is 2.46 bits per heavy atom. The smallest absolute Gasteiger partial charge is 0.262 e. The van der Waals surface area contributed by atoms with E-state index in [1.165, 1.54) is 16.8 Å². The highest BCUT2D eigenvalue weighted by atomic mass is 32.2. The minimum Gasteiger partial charge on any atom is -0.353 e. The van der Waals surface area contributed by atoms with E-state index in [-0.39, 0.29) is 34.7 Å². The second-order valence-electron chi connectivity index (χ2n) is 7.49. The Balaban J connectivity index is 1.52. The third-order valence-corrected chi connectivity index (χ3v) is 8.36. The minimum absolute atomic E-state index is 0.0699. The van der Waals surface area contributed by atoms with Crippen LogP contribution in [0, 0.1) is 0 Å². The van der Waals surface area contributed by atoms with Crippen molar-refractivity contribution in [3.63, 3.8) is 0 Å². The second-order valence-corrected chi connectivity index (χ2v) is 10.3. The van der Waals surface area contributed by atoms with Crippen molar-refractivity contribution < 1.29 is 18.0 Å². The third-order valence-electron chi connectivity index (χ3n) is 5.38. The van der Waals surface area contributed by atoms with E-state index < -0.39 is 15.9 Å². The van der Waals surface area contributed by atoms with Crippen LogP contribution >= 0.6 is 11.3 Å². The van der Waals surface area contributed by atoms with Crippen LogP contribution in [-0.2, 0) is 14.8 Å². The lowest BCUT2D eigenvalue weighted by atomic mass is 9.95. The number of nitrogens with zero attached hydrogens (tertiary/aromatic N) is 1. The fourth-order valence-corrected chi connectivity index (χ4v) is 6.66. The van der Waals surface area contributed by atoms with Crippen molar-refractivity contribution >= 4 is 33.2 Å². The van der Waals surface area contributed by atoms with Gasteiger partial charge in [0.15, 0.2) is 0 Å². The SMILES string of the molecule is O=C(CCNC(=O)c1sccc1S(=O)(=O)N1CCCCC1)NC1CCCCC1. The van der Waals surface area contributed by atoms with Crippen LogP contribution in [0.4, 0.5) is 0 Å². The maximum Gasteiger partial charge on any atom is 0.262 e. The maximum absolute atomic E-state index is 12.9. The molecule has 1 aromatic heterocycles. The van der Waals surface area contributed by atoms with Crippen molar-refractivity contribution in [2.24, 2.45) is 0 Å². The van der Waals surface area contributed by atoms with Crippen molar-refractivity contribution in [2.45, 2.75) is 68.7 Å². The van der Waals surface area contributed by atoms with Crippen LogP contribution in [0.2, 0.25) is 0 Å². The van der Waals surface area contributed by atoms with E-state index in [1.54, 1.807) is 5.38 Å². The van der Waals surface area contributed by atoms with E-state index in [0.29, 0.717) is 13.1 Å². The van der Waals surface area contributed by atoms with Gasteiger partial charge in [-0.05, 0) is 37.1 Å². The first kappa shape index (κ1) is 21.3. The van der Waals surface area contributed by atoms with E-state index in [4.69, 9.17) is 0 Å². The number of amides is 2. The van der Waals surface area contributed by atoms with Gasteiger partial charge in [0.2, 0.25) is 15.9 Å². The number of sulfonamides is 1. The molecular weight excluding hydrogens is 398 g/mol. The Morgan fingerprint density at radius 1 is 1.07 bits per heavy atom. The van der Waals surface area contributed by atoms with E-state index >= 15 is 0 Å². The molecule has 0 bridgehead atoms. The van der Waals surface area contributed by atoms with Gasteiger partial charge >= 0.3 is 0 Å². The minimum atomic E-state index is -3.65. The predicted molar refractivity (Wildman–Crippen MR) is 109 cm³/mol. The molecule has 0 radical (unpaired) electrons. The molecule has 1 aromatic rings. The molecule has 0 spiro atoms. The highest BCUT2D eigenvalue weighted by molar-refractivity contribution is 7.89. The molecule has 7 nitrogen and oxygen atoms in total. The first-order valence-corrected chi connectivity index (χ1v) is 12.5. The van der Waals surface area contributed by atoms with Crippen LogP contribution < -0.4 is 10.6 Å². The molecular formula is C19H29N3O4S2. The maximum atomic E-state index is 12.9. The first-order valence-electron chi connectivity index (χ1n) is 10.1. The summed E-state index contributed by atoms with van der Waals surface area (Å²) in [6.45, 7) is 1.19. The molecule has 0 unspecified atom stereocenters. The summed E-state index contributed by atoms with van der Waals surface area (Å²) >= 11 is 1.12. The summed E-state index contributed by atoms with van der Waals surface area (Å²) in [5, 5.41) is 7.34. The third kappa shape index (κ3) is 5.33. The van der Waals surface area contributed by atoms with Crippen molar-refractivity contribution in [2.75, 3.05) is 19.6 Å². The molecule has 1 saturated heterocycles. The monoisotopic (exact) mass is 427 g/mol. The number of piperidine rings is 1. The van der Waals surface area contributed by atoms with Gasteiger partial charge in [-0.25, -0.2) is 8.42 Å². The summed E-state index contributed by atoms with van der Waals surface area (Å²) < 4.78 is 27.2. The number of carbonyl (C=O) groups is 2. The van der Waals surface area contributed by atoms with E-state index in [1.807, 2.05) is 0 Å². The van der Waals surface area contributed by atoms with Gasteiger partial charge in [0.1, 0.15) is 9.77 Å². The number of nitrogens with one attached hydrogen (secondary N) is 2. The van der Waals surface area contributed by atoms with Gasteiger partial charge in [-0.15, -0.1) is 11.3 Å². The molecule has 2 fully saturated rings. The van der Waals surface area contributed by atoms with Crippen LogP contribution in [0.15, 0.2) is 16.3 Å². The summed E-state index contributed by atoms with van der Waals surface area (Å²) in [4.78, 5) is 24.8. The molecule has 0 aromatic carbocycles. The molecule has 1 saturated carbocycles. The topological polar surface area (TPSA) is 95.6 Å². The fourth-order valence-electron chi connectivity index (χ4n) is 3.83. The Morgan fingerprint density at radius 2 is 1.75 bits per heavy atom. The molecule has 0 atom stereocenters. The predicted octanol–water partition coefficient (Wildman–Crippen LogP) is 2.49. The summed E-state index contributed by atoms with van der Waals surface area (Å²) in [6, 6.07) is 1.75. The number of rotatable bonds is 7. The fraction of sp³-hybridized carbons (Fsp3) is 0.684. The summed E-state index contributed by atoms with van der Waals surface area (Å²) in [5.74, 6) is -0.504. The lowest BCUT2D eigenvalue weighted by Gasteiger charge is -2.25. The molecule has 28 heavy (non-hydrogen) atoms. The summed E-state index contributed by atoms with van der Waals surface area (Å²) in [7, 11) is -3.65. The second kappa shape index (κ2) is 9.84. The zero-order valence-electron chi connectivity index (χ0n) is 16.1. The molecule has 9 heteroatoms. The molecule has 2 aliphatic rings. The Hall–Kier alpha value is -1.45. The first-order chi connectivity index (χ1) is 13.5. The van der Waals surface area contributed by atoms with Gasteiger partial charge < -0.3 is 10.6 Å². The lowest BCUT2D eigenvalue weighted by molar-refractivity contribution is -0.121. The molecule has 2 N–H and O–H groups in total. The van der Waals surface area contributed by atoms with Crippen LogP contribution in [0.3, 0.4) is 0 Å². The van der Waals surface area contributed by atoms with Crippen LogP contribution in [0.25, 0.3) is 0 Å². The van der Waals surface area contributed by atoms with Gasteiger partial charge in [-0.2, -0.15) is 4.31 Å². The van der Waals surface area contributed by atoms with Crippen molar-refractivity contribution in [1.82, 2.24) is 14.9 Å². The molecule has 2 amide bonds. The Labute approximate surface area is 170 Å². The van der Waals surface area contributed by atoms with Crippen molar-refractivity contribution in [3.8, 4) is 0 Å². The highest BCUT2D eigenvalue weighted by Crippen LogP contribution is 2.27. The summed E-state index contributed by atoms with van der Waals surface area (Å²) in [6.07, 6.45) is 8.49. The van der Waals surface area contributed by atoms with Gasteiger partial charge in [0, 0.05) is 32.1 Å². The van der Waals surface area contributed by atoms with Gasteiger partial charge in [0.25, 0.3) is 5.91 Å². The Kier molecular flexibility index (Phi) is 7.48. The van der Waals surface area contributed by atoms with Crippen molar-refractivity contribution in [3.05, 3.63) is 16.3 Å². The van der Waals surface area contributed by atoms with E-state index in [0.717, 1.165) is 56.3 Å². The lowest BCUT2D eigenvalue weighted by Crippen LogP contribution is -2.38. The van der Waals surface area contributed by atoms with Crippen LogP contribution in [0.1, 0.15) is 67.5 Å². The zero-order valence-corrected chi connectivity index (χ0v) is 17.7. The molecule has 2 heterocycles. The molecule has 1 aliphatic heterocycles. The molecule has 3 rings (SSSR count). The highest BCUT2D eigenvalue weighted by Gasteiger charge is 2.30. The van der Waals surface area contributed by atoms with E-state index in [2.05, 4.69) is 10.6 Å².